The van der Waals surface area contributed by atoms with Crippen molar-refractivity contribution in [3.8, 4) is 11.8 Å². The highest BCUT2D eigenvalue weighted by Gasteiger charge is 2.08. The van der Waals surface area contributed by atoms with Crippen molar-refractivity contribution >= 4 is 17.7 Å². The first-order valence-corrected chi connectivity index (χ1v) is 7.89. The van der Waals surface area contributed by atoms with Crippen molar-refractivity contribution in [3.05, 3.63) is 29.6 Å². The Labute approximate surface area is 124 Å². The van der Waals surface area contributed by atoms with Crippen molar-refractivity contribution in [1.29, 1.82) is 0 Å². The van der Waals surface area contributed by atoms with Crippen LogP contribution >= 0.6 is 11.8 Å². The van der Waals surface area contributed by atoms with E-state index in [0.29, 0.717) is 24.6 Å². The van der Waals surface area contributed by atoms with Crippen molar-refractivity contribution in [2.24, 2.45) is 5.92 Å². The molecule has 5 heteroatoms. The second kappa shape index (κ2) is 9.40. The second-order valence-electron chi connectivity index (χ2n) is 4.48. The summed E-state index contributed by atoms with van der Waals surface area (Å²) in [6, 6.07) is 3.43. The summed E-state index contributed by atoms with van der Waals surface area (Å²) < 4.78 is 0. The van der Waals surface area contributed by atoms with Crippen LogP contribution in [0.15, 0.2) is 18.3 Å². The number of carbonyl (C=O) groups is 1. The average Bonchev–Trinajstić information content (AvgIpc) is 2.46. The molecule has 0 saturated heterocycles. The first-order valence-electron chi connectivity index (χ1n) is 6.50. The zero-order chi connectivity index (χ0) is 14.8. The van der Waals surface area contributed by atoms with E-state index in [4.69, 9.17) is 5.11 Å². The molecular formula is C15H20N2O2S. The maximum atomic E-state index is 11.9. The van der Waals surface area contributed by atoms with Crippen molar-refractivity contribution in [2.75, 3.05) is 25.2 Å². The van der Waals surface area contributed by atoms with Gasteiger partial charge in [0, 0.05) is 24.7 Å². The van der Waals surface area contributed by atoms with E-state index < -0.39 is 0 Å². The third kappa shape index (κ3) is 6.09. The molecule has 0 spiro atoms. The molecule has 0 aliphatic carbocycles. The Balaban J connectivity index is 2.51. The molecule has 1 unspecified atom stereocenters. The SMILES string of the molecule is CSCC(C)CNC(=O)c1ccc(C#CCCO)cn1. The summed E-state index contributed by atoms with van der Waals surface area (Å²) in [5.41, 5.74) is 1.14. The molecule has 1 amide bonds. The van der Waals surface area contributed by atoms with E-state index in [9.17, 15) is 4.79 Å². The van der Waals surface area contributed by atoms with E-state index in [1.54, 1.807) is 30.1 Å². The molecule has 0 aromatic carbocycles. The van der Waals surface area contributed by atoms with Gasteiger partial charge in [-0.05, 0) is 30.1 Å². The van der Waals surface area contributed by atoms with Crippen LogP contribution in [0.3, 0.4) is 0 Å². The van der Waals surface area contributed by atoms with Crippen LogP contribution in [0.4, 0.5) is 0 Å². The topological polar surface area (TPSA) is 62.2 Å². The number of thioether (sulfide) groups is 1. The van der Waals surface area contributed by atoms with Gasteiger partial charge in [0.05, 0.1) is 6.61 Å². The fourth-order valence-corrected chi connectivity index (χ4v) is 2.21. The number of amides is 1. The largest absolute Gasteiger partial charge is 0.395 e. The van der Waals surface area contributed by atoms with Gasteiger partial charge >= 0.3 is 0 Å². The lowest BCUT2D eigenvalue weighted by molar-refractivity contribution is 0.0944. The van der Waals surface area contributed by atoms with E-state index in [2.05, 4.69) is 35.3 Å². The van der Waals surface area contributed by atoms with Gasteiger partial charge in [0.1, 0.15) is 5.69 Å². The van der Waals surface area contributed by atoms with Crippen molar-refractivity contribution in [1.82, 2.24) is 10.3 Å². The quantitative estimate of drug-likeness (QED) is 0.781. The van der Waals surface area contributed by atoms with Crippen LogP contribution in [0, 0.1) is 17.8 Å². The monoisotopic (exact) mass is 292 g/mol. The zero-order valence-corrected chi connectivity index (χ0v) is 12.7. The molecule has 20 heavy (non-hydrogen) atoms. The Kier molecular flexibility index (Phi) is 7.78. The molecule has 1 aromatic rings. The number of rotatable bonds is 6. The number of hydrogen-bond donors (Lipinski definition) is 2. The molecule has 1 atom stereocenters. The molecule has 0 bridgehead atoms. The average molecular weight is 292 g/mol. The van der Waals surface area contributed by atoms with Crippen LogP contribution in [0.1, 0.15) is 29.4 Å². The molecule has 0 fully saturated rings. The lowest BCUT2D eigenvalue weighted by atomic mass is 10.2. The van der Waals surface area contributed by atoms with Gasteiger partial charge in [-0.3, -0.25) is 4.79 Å². The van der Waals surface area contributed by atoms with Gasteiger partial charge in [0.25, 0.3) is 5.91 Å². The van der Waals surface area contributed by atoms with E-state index in [1.165, 1.54) is 0 Å². The number of nitrogens with zero attached hydrogens (tertiary/aromatic N) is 1. The van der Waals surface area contributed by atoms with Gasteiger partial charge in [0.2, 0.25) is 0 Å². The van der Waals surface area contributed by atoms with E-state index >= 15 is 0 Å². The first-order chi connectivity index (χ1) is 9.67. The Morgan fingerprint density at radius 1 is 1.55 bits per heavy atom. The van der Waals surface area contributed by atoms with E-state index in [-0.39, 0.29) is 12.5 Å². The van der Waals surface area contributed by atoms with Gasteiger partial charge in [-0.15, -0.1) is 0 Å². The molecule has 0 radical (unpaired) electrons. The standard InChI is InChI=1S/C15H20N2O2S/c1-12(11-20-2)9-17-15(19)14-7-6-13(10-16-14)5-3-4-8-18/h6-7,10,12,18H,4,8-9,11H2,1-2H3,(H,17,19). The van der Waals surface area contributed by atoms with Crippen LogP contribution in [-0.4, -0.2) is 41.2 Å². The molecule has 0 aliphatic heterocycles. The predicted octanol–water partition coefficient (Wildman–Crippen LogP) is 1.54. The van der Waals surface area contributed by atoms with E-state index in [0.717, 1.165) is 11.3 Å². The molecule has 1 heterocycles. The van der Waals surface area contributed by atoms with Crippen LogP contribution < -0.4 is 5.32 Å². The van der Waals surface area contributed by atoms with Crippen LogP contribution in [-0.2, 0) is 0 Å². The van der Waals surface area contributed by atoms with Crippen molar-refractivity contribution in [3.63, 3.8) is 0 Å². The number of aliphatic hydroxyl groups excluding tert-OH is 1. The summed E-state index contributed by atoms with van der Waals surface area (Å²) in [6.45, 7) is 2.80. The maximum absolute atomic E-state index is 11.9. The third-order valence-corrected chi connectivity index (χ3v) is 3.43. The summed E-state index contributed by atoms with van der Waals surface area (Å²) in [5, 5.41) is 11.5. The smallest absolute Gasteiger partial charge is 0.269 e. The molecule has 108 valence electrons. The van der Waals surface area contributed by atoms with Crippen LogP contribution in [0.25, 0.3) is 0 Å². The van der Waals surface area contributed by atoms with Crippen molar-refractivity contribution in [2.45, 2.75) is 13.3 Å². The molecule has 2 N–H and O–H groups in total. The third-order valence-electron chi connectivity index (χ3n) is 2.53. The lowest BCUT2D eigenvalue weighted by Gasteiger charge is -2.10. The number of aliphatic hydroxyl groups is 1. The Morgan fingerprint density at radius 2 is 2.35 bits per heavy atom. The Hall–Kier alpha value is -1.51. The fourth-order valence-electron chi connectivity index (χ4n) is 1.52. The number of aromatic nitrogens is 1. The fraction of sp³-hybridized carbons (Fsp3) is 0.467. The zero-order valence-electron chi connectivity index (χ0n) is 11.8. The molecule has 1 aromatic heterocycles. The predicted molar refractivity (Wildman–Crippen MR) is 82.7 cm³/mol. The summed E-state index contributed by atoms with van der Waals surface area (Å²) in [5.74, 6) is 6.99. The number of hydrogen-bond acceptors (Lipinski definition) is 4. The van der Waals surface area contributed by atoms with Gasteiger partial charge in [0.15, 0.2) is 0 Å². The normalized spacial score (nSPS) is 11.3. The minimum absolute atomic E-state index is 0.0507. The molecule has 0 aliphatic rings. The second-order valence-corrected chi connectivity index (χ2v) is 5.39. The van der Waals surface area contributed by atoms with Gasteiger partial charge in [-0.1, -0.05) is 18.8 Å². The first kappa shape index (κ1) is 16.5. The van der Waals surface area contributed by atoms with Crippen molar-refractivity contribution < 1.29 is 9.90 Å². The van der Waals surface area contributed by atoms with Gasteiger partial charge < -0.3 is 10.4 Å². The summed E-state index contributed by atoms with van der Waals surface area (Å²) in [4.78, 5) is 16.0. The van der Waals surface area contributed by atoms with Crippen LogP contribution in [0.2, 0.25) is 0 Å². The molecular weight excluding hydrogens is 272 g/mol. The Morgan fingerprint density at radius 3 is 2.95 bits per heavy atom. The summed E-state index contributed by atoms with van der Waals surface area (Å²) in [7, 11) is 0. The minimum atomic E-state index is -0.159. The van der Waals surface area contributed by atoms with Gasteiger partial charge in [-0.2, -0.15) is 11.8 Å². The molecule has 4 nitrogen and oxygen atoms in total. The van der Waals surface area contributed by atoms with E-state index in [1.807, 2.05) is 0 Å². The lowest BCUT2D eigenvalue weighted by Crippen LogP contribution is -2.29. The Bertz CT molecular complexity index is 477. The minimum Gasteiger partial charge on any atom is -0.395 e. The maximum Gasteiger partial charge on any atom is 0.269 e. The highest BCUT2D eigenvalue weighted by atomic mass is 32.2. The van der Waals surface area contributed by atoms with Gasteiger partial charge in [-0.25, -0.2) is 4.98 Å². The van der Waals surface area contributed by atoms with Crippen LogP contribution in [0.5, 0.6) is 0 Å². The highest BCUT2D eigenvalue weighted by molar-refractivity contribution is 7.98. The molecule has 1 rings (SSSR count). The molecule has 0 saturated carbocycles. The number of nitrogens with one attached hydrogen (secondary N) is 1. The number of carbonyl (C=O) groups excluding carboxylic acids is 1. The highest BCUT2D eigenvalue weighted by Crippen LogP contribution is 2.04. The summed E-state index contributed by atoms with van der Waals surface area (Å²) in [6.07, 6.45) is 4.07. The number of pyridine rings is 1. The summed E-state index contributed by atoms with van der Waals surface area (Å²) >= 11 is 1.77.